The van der Waals surface area contributed by atoms with Crippen LogP contribution in [0.4, 0.5) is 41.2 Å². The van der Waals surface area contributed by atoms with Crippen LogP contribution >= 0.6 is 0 Å². The number of hydrogen-bond donors (Lipinski definition) is 2. The van der Waals surface area contributed by atoms with Gasteiger partial charge in [0.15, 0.2) is 10.3 Å². The number of carbonyl (C=O) groups excluding carboxylic acids is 2. The molecule has 41 heavy (non-hydrogen) atoms. The van der Waals surface area contributed by atoms with E-state index in [1.165, 1.54) is 18.2 Å². The van der Waals surface area contributed by atoms with Gasteiger partial charge in [-0.25, -0.2) is 4.79 Å². The lowest BCUT2D eigenvalue weighted by Gasteiger charge is -2.37. The fourth-order valence-electron chi connectivity index (χ4n) is 4.54. The lowest BCUT2D eigenvalue weighted by molar-refractivity contribution is -0.306. The van der Waals surface area contributed by atoms with E-state index in [4.69, 9.17) is 4.74 Å². The molecular formula is C26H28F7N2O5S+. The van der Waals surface area contributed by atoms with Crippen LogP contribution in [0.5, 0.6) is 0 Å². The highest BCUT2D eigenvalue weighted by atomic mass is 32.3. The minimum Gasteiger partial charge on any atom is -0.444 e. The van der Waals surface area contributed by atoms with Crippen molar-refractivity contribution in [3.05, 3.63) is 59.2 Å². The number of benzene rings is 2. The predicted octanol–water partition coefficient (Wildman–Crippen LogP) is 6.80. The number of hydrogen-bond acceptors (Lipinski definition) is 4. The van der Waals surface area contributed by atoms with Crippen molar-refractivity contribution in [1.29, 1.82) is 0 Å². The van der Waals surface area contributed by atoms with E-state index in [2.05, 4.69) is 5.32 Å². The summed E-state index contributed by atoms with van der Waals surface area (Å²) in [4.78, 5) is 27.4. The van der Waals surface area contributed by atoms with Crippen LogP contribution in [-0.2, 0) is 35.9 Å². The molecule has 1 aliphatic heterocycles. The van der Waals surface area contributed by atoms with E-state index in [0.717, 1.165) is 23.3 Å². The first kappa shape index (κ1) is 32.3. The average Bonchev–Trinajstić information content (AvgIpc) is 3.19. The topological polar surface area (TPSA) is 95.9 Å². The lowest BCUT2D eigenvalue weighted by atomic mass is 9.76. The van der Waals surface area contributed by atoms with Gasteiger partial charge >= 0.3 is 18.4 Å². The van der Waals surface area contributed by atoms with Crippen LogP contribution in [0.15, 0.2) is 47.4 Å². The summed E-state index contributed by atoms with van der Waals surface area (Å²) < 4.78 is 123. The van der Waals surface area contributed by atoms with Crippen molar-refractivity contribution in [2.24, 2.45) is 0 Å². The van der Waals surface area contributed by atoms with Crippen LogP contribution in [0.1, 0.15) is 49.9 Å². The molecule has 0 bridgehead atoms. The molecule has 2 N–H and O–H groups in total. The molecule has 2 amide bonds. The Morgan fingerprint density at radius 3 is 2.05 bits per heavy atom. The number of nitrogens with zero attached hydrogens (tertiary/aromatic N) is 1. The minimum absolute atomic E-state index is 0.0446. The number of rotatable bonds is 6. The molecule has 0 saturated heterocycles. The molecular weight excluding hydrogens is 585 g/mol. The van der Waals surface area contributed by atoms with E-state index in [9.17, 15) is 49.1 Å². The Labute approximate surface area is 232 Å². The zero-order chi connectivity index (χ0) is 31.2. The Morgan fingerprint density at radius 2 is 1.59 bits per heavy atom. The Hall–Kier alpha value is -3.20. The molecule has 0 aliphatic carbocycles. The summed E-state index contributed by atoms with van der Waals surface area (Å²) in [5.41, 5.74) is -6.24. The predicted molar refractivity (Wildman–Crippen MR) is 135 cm³/mol. The Morgan fingerprint density at radius 1 is 1.02 bits per heavy atom. The van der Waals surface area contributed by atoms with Crippen LogP contribution in [0, 0.1) is 0 Å². The molecule has 15 heteroatoms. The number of amides is 2. The molecule has 1 heterocycles. The van der Waals surface area contributed by atoms with Crippen molar-refractivity contribution in [2.75, 3.05) is 18.2 Å². The molecule has 0 radical (unpaired) electrons. The SMILES string of the molecule is CC(C)(C)OC(=O)N1Cc2cc([S+](C)(=O)O)ccc2C1C(=O)Nc1ccc(C(CCF)(C(F)(F)F)C(F)(F)F)cc1. The highest BCUT2D eigenvalue weighted by molar-refractivity contribution is 7.97. The molecule has 2 aromatic carbocycles. The van der Waals surface area contributed by atoms with E-state index in [1.807, 2.05) is 0 Å². The number of fused-ring (bicyclic) bond motifs is 1. The molecule has 2 unspecified atom stereocenters. The summed E-state index contributed by atoms with van der Waals surface area (Å²) in [6.07, 6.45) is -13.4. The van der Waals surface area contributed by atoms with Gasteiger partial charge in [-0.2, -0.15) is 30.9 Å². The fraction of sp³-hybridized carbons (Fsp3) is 0.462. The first-order valence-corrected chi connectivity index (χ1v) is 14.0. The molecule has 226 valence electrons. The second kappa shape index (κ2) is 10.9. The third kappa shape index (κ3) is 6.50. The third-order valence-electron chi connectivity index (χ3n) is 6.46. The molecule has 0 aromatic heterocycles. The van der Waals surface area contributed by atoms with Gasteiger partial charge in [-0.3, -0.25) is 14.1 Å². The zero-order valence-electron chi connectivity index (χ0n) is 22.3. The van der Waals surface area contributed by atoms with Crippen LogP contribution in [0.3, 0.4) is 0 Å². The molecule has 0 fully saturated rings. The maximum absolute atomic E-state index is 13.7. The van der Waals surface area contributed by atoms with Gasteiger partial charge in [0.2, 0.25) is 10.2 Å². The van der Waals surface area contributed by atoms with E-state index < -0.39 is 70.3 Å². The second-order valence-corrected chi connectivity index (χ2v) is 12.7. The van der Waals surface area contributed by atoms with Gasteiger partial charge in [0, 0.05) is 18.2 Å². The maximum atomic E-state index is 13.7. The second-order valence-electron chi connectivity index (χ2n) is 10.6. The largest absolute Gasteiger partial charge is 0.444 e. The van der Waals surface area contributed by atoms with E-state index in [0.29, 0.717) is 17.7 Å². The van der Waals surface area contributed by atoms with Crippen molar-refractivity contribution in [3.63, 3.8) is 0 Å². The average molecular weight is 614 g/mol. The Balaban J connectivity index is 1.98. The number of nitrogens with one attached hydrogen (secondary N) is 1. The highest BCUT2D eigenvalue weighted by Gasteiger charge is 2.71. The molecule has 0 spiro atoms. The molecule has 2 atom stereocenters. The normalized spacial score (nSPS) is 17.6. The van der Waals surface area contributed by atoms with Gasteiger partial charge < -0.3 is 10.1 Å². The first-order valence-electron chi connectivity index (χ1n) is 12.1. The highest BCUT2D eigenvalue weighted by Crippen LogP contribution is 2.54. The Bertz CT molecular complexity index is 1330. The van der Waals surface area contributed by atoms with Gasteiger partial charge in [-0.1, -0.05) is 22.4 Å². The van der Waals surface area contributed by atoms with Crippen LogP contribution in [0.2, 0.25) is 0 Å². The molecule has 3 rings (SSSR count). The van der Waals surface area contributed by atoms with Gasteiger partial charge in [-0.05, 0) is 55.7 Å². The van der Waals surface area contributed by atoms with Gasteiger partial charge in [0.05, 0.1) is 13.2 Å². The minimum atomic E-state index is -5.86. The summed E-state index contributed by atoms with van der Waals surface area (Å²) in [6, 6.07) is 5.32. The first-order chi connectivity index (χ1) is 18.6. The van der Waals surface area contributed by atoms with Crippen molar-refractivity contribution < 1.29 is 53.8 Å². The number of ether oxygens (including phenoxy) is 1. The summed E-state index contributed by atoms with van der Waals surface area (Å²) in [5.74, 6) is -0.877. The van der Waals surface area contributed by atoms with Gasteiger partial charge in [0.1, 0.15) is 17.9 Å². The molecule has 1 aliphatic rings. The zero-order valence-corrected chi connectivity index (χ0v) is 23.1. The van der Waals surface area contributed by atoms with Crippen molar-refractivity contribution in [2.45, 2.75) is 68.0 Å². The quantitative estimate of drug-likeness (QED) is 0.276. The number of alkyl halides is 7. The number of anilines is 1. The molecule has 2 aromatic rings. The van der Waals surface area contributed by atoms with Crippen LogP contribution in [0.25, 0.3) is 0 Å². The van der Waals surface area contributed by atoms with Gasteiger partial charge in [-0.15, -0.1) is 0 Å². The lowest BCUT2D eigenvalue weighted by Crippen LogP contribution is -2.54. The van der Waals surface area contributed by atoms with Crippen molar-refractivity contribution in [3.8, 4) is 0 Å². The smallest absolute Gasteiger partial charge is 0.411 e. The van der Waals surface area contributed by atoms with Crippen LogP contribution < -0.4 is 5.32 Å². The molecule has 7 nitrogen and oxygen atoms in total. The number of halogens is 7. The summed E-state index contributed by atoms with van der Waals surface area (Å²) in [5, 5.41) is 2.37. The summed E-state index contributed by atoms with van der Waals surface area (Å²) in [7, 11) is -3.39. The third-order valence-corrected chi connectivity index (χ3v) is 7.59. The van der Waals surface area contributed by atoms with E-state index in [-0.39, 0.29) is 22.7 Å². The maximum Gasteiger partial charge on any atom is 0.411 e. The van der Waals surface area contributed by atoms with E-state index in [1.54, 1.807) is 20.8 Å². The fourth-order valence-corrected chi connectivity index (χ4v) is 5.23. The summed E-state index contributed by atoms with van der Waals surface area (Å²) >= 11 is 0. The summed E-state index contributed by atoms with van der Waals surface area (Å²) in [6.45, 7) is 2.70. The molecule has 0 saturated carbocycles. The van der Waals surface area contributed by atoms with E-state index >= 15 is 0 Å². The monoisotopic (exact) mass is 613 g/mol. The van der Waals surface area contributed by atoms with Crippen LogP contribution in [-0.4, -0.2) is 52.3 Å². The van der Waals surface area contributed by atoms with Crippen molar-refractivity contribution >= 4 is 27.9 Å². The van der Waals surface area contributed by atoms with Gasteiger partial charge in [0.25, 0.3) is 5.91 Å². The number of carbonyl (C=O) groups is 2. The standard InChI is InChI=1S/C26H27F7N2O5S/c1-23(2,3)40-22(37)35-14-15-13-18(41(4,38)39)9-10-19(15)20(35)21(36)34-17-7-5-16(6-8-17)24(11-12-27,25(28,29)30)26(31,32)33/h5-10,13,20H,11-12,14H2,1-4H3,(H-,34,36,38,39)/p+1. The van der Waals surface area contributed by atoms with Crippen molar-refractivity contribution in [1.82, 2.24) is 4.90 Å². The Kier molecular flexibility index (Phi) is 8.59.